The number of hydrogen-bond acceptors (Lipinski definition) is 7. The molecule has 1 aromatic rings. The van der Waals surface area contributed by atoms with Crippen LogP contribution < -0.4 is 5.32 Å². The number of ether oxygens (including phenoxy) is 4. The summed E-state index contributed by atoms with van der Waals surface area (Å²) in [6.07, 6.45) is -0.398. The highest BCUT2D eigenvalue weighted by Crippen LogP contribution is 2.42. The molecule has 2 rings (SSSR count). The molecule has 0 saturated heterocycles. The third-order valence-electron chi connectivity index (χ3n) is 4.56. The maximum Gasteiger partial charge on any atom is 0.513 e. The van der Waals surface area contributed by atoms with Crippen LogP contribution in [-0.2, 0) is 18.9 Å². The summed E-state index contributed by atoms with van der Waals surface area (Å²) in [7, 11) is 0. The fourth-order valence-electron chi connectivity index (χ4n) is 3.27. The van der Waals surface area contributed by atoms with Gasteiger partial charge in [0.1, 0.15) is 23.3 Å². The van der Waals surface area contributed by atoms with Crippen molar-refractivity contribution < 1.29 is 32.9 Å². The number of nitrogens with one attached hydrogen (secondary N) is 1. The van der Waals surface area contributed by atoms with Gasteiger partial charge in [0.15, 0.2) is 0 Å². The zero-order valence-electron chi connectivity index (χ0n) is 18.6. The first-order valence-electron chi connectivity index (χ1n) is 10.5. The van der Waals surface area contributed by atoms with Crippen LogP contribution in [0.3, 0.4) is 0 Å². The van der Waals surface area contributed by atoms with Gasteiger partial charge in [0.05, 0.1) is 24.6 Å². The van der Waals surface area contributed by atoms with Gasteiger partial charge in [0.2, 0.25) is 0 Å². The molecule has 0 amide bonds. The Hall–Kier alpha value is -3.03. The van der Waals surface area contributed by atoms with E-state index >= 15 is 0 Å². The Labute approximate surface area is 182 Å². The first-order valence-corrected chi connectivity index (χ1v) is 10.5. The third kappa shape index (κ3) is 6.23. The van der Waals surface area contributed by atoms with E-state index in [0.717, 1.165) is 6.42 Å². The molecule has 31 heavy (non-hydrogen) atoms. The molecule has 0 fully saturated rings. The van der Waals surface area contributed by atoms with E-state index in [0.29, 0.717) is 23.4 Å². The van der Waals surface area contributed by atoms with E-state index in [4.69, 9.17) is 18.9 Å². The van der Waals surface area contributed by atoms with Gasteiger partial charge in [0, 0.05) is 0 Å². The molecule has 0 saturated carbocycles. The quantitative estimate of drug-likeness (QED) is 0.522. The van der Waals surface area contributed by atoms with E-state index < -0.39 is 24.0 Å². The molecular weight excluding hydrogens is 405 g/mol. The highest BCUT2D eigenvalue weighted by atomic mass is 19.1. The topological polar surface area (TPSA) is 83.1 Å². The highest BCUT2D eigenvalue weighted by molar-refractivity contribution is 5.65. The van der Waals surface area contributed by atoms with Crippen molar-refractivity contribution in [2.45, 2.75) is 53.4 Å². The van der Waals surface area contributed by atoms with Crippen molar-refractivity contribution in [1.82, 2.24) is 5.32 Å². The minimum absolute atomic E-state index is 0.0524. The zero-order valence-corrected chi connectivity index (χ0v) is 18.6. The maximum atomic E-state index is 13.6. The molecule has 8 heteroatoms. The second kappa shape index (κ2) is 11.4. The first-order chi connectivity index (χ1) is 14.8. The van der Waals surface area contributed by atoms with E-state index in [9.17, 15) is 14.0 Å². The molecule has 0 radical (unpaired) electrons. The van der Waals surface area contributed by atoms with Gasteiger partial charge in [-0.1, -0.05) is 39.3 Å². The fourth-order valence-corrected chi connectivity index (χ4v) is 3.27. The number of carbonyl (C=O) groups is 2. The molecule has 170 valence electrons. The van der Waals surface area contributed by atoms with Gasteiger partial charge in [-0.15, -0.1) is 0 Å². The Morgan fingerprint density at radius 1 is 0.968 bits per heavy atom. The number of dihydropyridines is 1. The average molecular weight is 435 g/mol. The van der Waals surface area contributed by atoms with Crippen LogP contribution in [0.1, 0.15) is 58.9 Å². The second-order valence-electron chi connectivity index (χ2n) is 7.21. The Bertz CT molecular complexity index is 844. The largest absolute Gasteiger partial charge is 0.513 e. The number of benzene rings is 1. The van der Waals surface area contributed by atoms with Crippen LogP contribution in [0.4, 0.5) is 14.0 Å². The predicted molar refractivity (Wildman–Crippen MR) is 112 cm³/mol. The fraction of sp³-hybridized carbons (Fsp3) is 0.478. The number of hydrogen-bond donors (Lipinski definition) is 1. The van der Waals surface area contributed by atoms with Crippen molar-refractivity contribution in [3.8, 4) is 0 Å². The first kappa shape index (κ1) is 24.2. The van der Waals surface area contributed by atoms with Gasteiger partial charge in [-0.2, -0.15) is 0 Å². The van der Waals surface area contributed by atoms with Crippen LogP contribution in [0, 0.1) is 11.7 Å². The molecule has 1 aliphatic rings. The molecule has 0 spiro atoms. The number of halogens is 1. The molecule has 1 N–H and O–H groups in total. The van der Waals surface area contributed by atoms with Crippen molar-refractivity contribution in [3.63, 3.8) is 0 Å². The summed E-state index contributed by atoms with van der Waals surface area (Å²) in [6, 6.07) is 5.73. The molecule has 1 atom stereocenters. The van der Waals surface area contributed by atoms with Gasteiger partial charge in [0.25, 0.3) is 0 Å². The molecule has 0 aliphatic carbocycles. The van der Waals surface area contributed by atoms with Crippen LogP contribution in [-0.4, -0.2) is 25.5 Å². The third-order valence-corrected chi connectivity index (χ3v) is 4.56. The van der Waals surface area contributed by atoms with Gasteiger partial charge in [-0.05, 0) is 43.9 Å². The Balaban J connectivity index is 2.66. The molecule has 1 aliphatic heterocycles. The number of carbonyl (C=O) groups excluding carboxylic acids is 2. The lowest BCUT2D eigenvalue weighted by Gasteiger charge is -2.33. The van der Waals surface area contributed by atoms with E-state index in [2.05, 4.69) is 5.32 Å². The Kier molecular flexibility index (Phi) is 8.90. The van der Waals surface area contributed by atoms with Crippen molar-refractivity contribution in [1.29, 1.82) is 0 Å². The molecule has 1 unspecified atom stereocenters. The van der Waals surface area contributed by atoms with Gasteiger partial charge >= 0.3 is 12.3 Å². The number of rotatable bonds is 8. The Morgan fingerprint density at radius 3 is 2.00 bits per heavy atom. The van der Waals surface area contributed by atoms with E-state index in [1.54, 1.807) is 26.0 Å². The van der Waals surface area contributed by atoms with Crippen LogP contribution in [0.25, 0.3) is 0 Å². The molecule has 1 aromatic carbocycles. The standard InChI is InChI=1S/C23H30FNO6/c1-6-9-17-20(30-22(26)28-7-2)18(15-10-12-16(24)13-11-15)21(19(25-17)14(4)5)31-23(27)29-8-3/h10-14,18,25H,6-9H2,1-5H3. The molecule has 0 aromatic heterocycles. The lowest BCUT2D eigenvalue weighted by atomic mass is 9.87. The molecule has 7 nitrogen and oxygen atoms in total. The minimum atomic E-state index is -0.876. The summed E-state index contributed by atoms with van der Waals surface area (Å²) in [6.45, 7) is 9.50. The maximum absolute atomic E-state index is 13.6. The van der Waals surface area contributed by atoms with Gasteiger partial charge in [-0.25, -0.2) is 14.0 Å². The van der Waals surface area contributed by atoms with E-state index in [-0.39, 0.29) is 30.6 Å². The van der Waals surface area contributed by atoms with Crippen LogP contribution >= 0.6 is 0 Å². The summed E-state index contributed by atoms with van der Waals surface area (Å²) in [5.41, 5.74) is 1.92. The van der Waals surface area contributed by atoms with Gasteiger partial charge in [-0.3, -0.25) is 0 Å². The normalized spacial score (nSPS) is 16.2. The van der Waals surface area contributed by atoms with E-state index in [1.807, 2.05) is 20.8 Å². The van der Waals surface area contributed by atoms with Crippen molar-refractivity contribution in [2.24, 2.45) is 5.92 Å². The lowest BCUT2D eigenvalue weighted by Crippen LogP contribution is -2.33. The molecule has 1 heterocycles. The zero-order chi connectivity index (χ0) is 23.0. The predicted octanol–water partition coefficient (Wildman–Crippen LogP) is 5.74. The summed E-state index contributed by atoms with van der Waals surface area (Å²) >= 11 is 0. The van der Waals surface area contributed by atoms with Crippen molar-refractivity contribution in [3.05, 3.63) is 58.6 Å². The Morgan fingerprint density at radius 2 is 1.52 bits per heavy atom. The van der Waals surface area contributed by atoms with Crippen LogP contribution in [0.5, 0.6) is 0 Å². The van der Waals surface area contributed by atoms with E-state index in [1.165, 1.54) is 12.1 Å². The summed E-state index contributed by atoms with van der Waals surface area (Å²) < 4.78 is 34.8. The van der Waals surface area contributed by atoms with Crippen LogP contribution in [0.15, 0.2) is 47.2 Å². The summed E-state index contributed by atoms with van der Waals surface area (Å²) in [5.74, 6) is -0.753. The SMILES string of the molecule is CCCC1=C(OC(=O)OCC)C(c2ccc(F)cc2)C(OC(=O)OCC)=C(C(C)C)N1. The highest BCUT2D eigenvalue weighted by Gasteiger charge is 2.38. The average Bonchev–Trinajstić information content (AvgIpc) is 2.71. The summed E-state index contributed by atoms with van der Waals surface area (Å²) in [4.78, 5) is 24.5. The number of allylic oxidation sites excluding steroid dienone is 2. The molecular formula is C23H30FNO6. The van der Waals surface area contributed by atoms with Gasteiger partial charge < -0.3 is 24.3 Å². The monoisotopic (exact) mass is 435 g/mol. The minimum Gasteiger partial charge on any atom is -0.434 e. The lowest BCUT2D eigenvalue weighted by molar-refractivity contribution is 0.0640. The summed E-state index contributed by atoms with van der Waals surface area (Å²) in [5, 5.41) is 3.28. The van der Waals surface area contributed by atoms with Crippen molar-refractivity contribution >= 4 is 12.3 Å². The van der Waals surface area contributed by atoms with Crippen molar-refractivity contribution in [2.75, 3.05) is 13.2 Å². The molecule has 0 bridgehead atoms. The smallest absolute Gasteiger partial charge is 0.434 e. The second-order valence-corrected chi connectivity index (χ2v) is 7.21. The van der Waals surface area contributed by atoms with Crippen LogP contribution in [0.2, 0.25) is 0 Å².